The molecule has 2 rings (SSSR count). The molecule has 0 amide bonds. The summed E-state index contributed by atoms with van der Waals surface area (Å²) in [4.78, 5) is 2.21. The lowest BCUT2D eigenvalue weighted by Crippen LogP contribution is -2.45. The Morgan fingerprint density at radius 3 is 2.61 bits per heavy atom. The predicted molar refractivity (Wildman–Crippen MR) is 79.3 cm³/mol. The number of rotatable bonds is 3. The Kier molecular flexibility index (Phi) is 6.57. The van der Waals surface area contributed by atoms with Crippen LogP contribution in [0.3, 0.4) is 0 Å². The number of nitrogens with one attached hydrogen (secondary N) is 1. The fraction of sp³-hybridized carbons (Fsp3) is 0.538. The molecule has 0 spiro atoms. The summed E-state index contributed by atoms with van der Waals surface area (Å²) in [6, 6.07) is 6.02. The molecule has 1 fully saturated rings. The minimum atomic E-state index is -0.332. The second kappa shape index (κ2) is 7.43. The molecule has 0 saturated carbocycles. The average molecular weight is 338 g/mol. The Hall–Kier alpha value is -0.160. The maximum Gasteiger partial charge on any atom is 0.109 e. The van der Waals surface area contributed by atoms with Crippen molar-refractivity contribution in [1.82, 2.24) is 10.2 Å². The third-order valence-corrected chi connectivity index (χ3v) is 3.94. The highest BCUT2D eigenvalue weighted by Crippen LogP contribution is 2.29. The zero-order chi connectivity index (χ0) is 12.3. The molecule has 1 aromatic rings. The van der Waals surface area contributed by atoms with E-state index in [1.54, 1.807) is 0 Å². The van der Waals surface area contributed by atoms with Gasteiger partial charge in [0.25, 0.3) is 0 Å². The van der Waals surface area contributed by atoms with Crippen molar-refractivity contribution in [1.29, 1.82) is 0 Å². The third-order valence-electron chi connectivity index (χ3n) is 3.25. The van der Waals surface area contributed by atoms with E-state index < -0.39 is 0 Å². The van der Waals surface area contributed by atoms with Crippen LogP contribution in [0.2, 0.25) is 0 Å². The smallest absolute Gasteiger partial charge is 0.109 e. The van der Waals surface area contributed by atoms with Gasteiger partial charge in [-0.3, -0.25) is 4.90 Å². The first kappa shape index (κ1) is 15.9. The van der Waals surface area contributed by atoms with E-state index >= 15 is 0 Å². The second-order valence-electron chi connectivity index (χ2n) is 4.48. The van der Waals surface area contributed by atoms with Crippen molar-refractivity contribution in [3.63, 3.8) is 0 Å². The molecular weight excluding hydrogens is 319 g/mol. The van der Waals surface area contributed by atoms with Gasteiger partial charge in [0.05, 0.1) is 6.04 Å². The SMILES string of the molecule is Cc1ccc([C@@H](CF)N2CCNCC2)c(Br)c1.Cl. The van der Waals surface area contributed by atoms with E-state index in [1.807, 2.05) is 19.1 Å². The van der Waals surface area contributed by atoms with Crippen molar-refractivity contribution in [3.8, 4) is 0 Å². The normalized spacial score (nSPS) is 18.2. The summed E-state index contributed by atoms with van der Waals surface area (Å²) in [5.41, 5.74) is 2.25. The molecule has 5 heteroatoms. The first-order chi connectivity index (χ1) is 8.22. The average Bonchev–Trinajstić information content (AvgIpc) is 2.34. The number of alkyl halides is 1. The van der Waals surface area contributed by atoms with Crippen LogP contribution in [0, 0.1) is 6.92 Å². The maximum absolute atomic E-state index is 13.3. The maximum atomic E-state index is 13.3. The van der Waals surface area contributed by atoms with E-state index in [0.29, 0.717) is 0 Å². The van der Waals surface area contributed by atoms with Crippen molar-refractivity contribution in [3.05, 3.63) is 33.8 Å². The summed E-state index contributed by atoms with van der Waals surface area (Å²) in [7, 11) is 0. The van der Waals surface area contributed by atoms with Crippen LogP contribution >= 0.6 is 28.3 Å². The molecule has 0 bridgehead atoms. The standard InChI is InChI=1S/C13H18BrFN2.ClH/c1-10-2-3-11(12(14)8-10)13(9-15)17-6-4-16-5-7-17;/h2-3,8,13,16H,4-7,9H2,1H3;1H/t13-;/m1./s1. The molecule has 1 heterocycles. The van der Waals surface area contributed by atoms with E-state index in [0.717, 1.165) is 36.2 Å². The minimum Gasteiger partial charge on any atom is -0.314 e. The lowest BCUT2D eigenvalue weighted by molar-refractivity contribution is 0.147. The van der Waals surface area contributed by atoms with Crippen molar-refractivity contribution in [2.75, 3.05) is 32.9 Å². The number of hydrogen-bond donors (Lipinski definition) is 1. The summed E-state index contributed by atoms with van der Waals surface area (Å²) in [5, 5.41) is 3.29. The molecule has 1 atom stereocenters. The number of halogens is 3. The number of nitrogens with zero attached hydrogens (tertiary/aromatic N) is 1. The van der Waals surface area contributed by atoms with Gasteiger partial charge in [0, 0.05) is 30.7 Å². The van der Waals surface area contributed by atoms with Crippen molar-refractivity contribution in [2.45, 2.75) is 13.0 Å². The summed E-state index contributed by atoms with van der Waals surface area (Å²) in [6.07, 6.45) is 0. The van der Waals surface area contributed by atoms with Gasteiger partial charge in [0.2, 0.25) is 0 Å². The van der Waals surface area contributed by atoms with Gasteiger partial charge in [-0.2, -0.15) is 0 Å². The van der Waals surface area contributed by atoms with E-state index in [4.69, 9.17) is 0 Å². The monoisotopic (exact) mass is 336 g/mol. The molecule has 1 aliphatic rings. The lowest BCUT2D eigenvalue weighted by atomic mass is 10.0. The summed E-state index contributed by atoms with van der Waals surface area (Å²) < 4.78 is 14.3. The van der Waals surface area contributed by atoms with Crippen LogP contribution in [0.4, 0.5) is 4.39 Å². The number of benzene rings is 1. The Bertz CT molecular complexity index is 383. The van der Waals surface area contributed by atoms with Gasteiger partial charge >= 0.3 is 0 Å². The quantitative estimate of drug-likeness (QED) is 0.912. The van der Waals surface area contributed by atoms with Crippen LogP contribution in [-0.4, -0.2) is 37.8 Å². The zero-order valence-corrected chi connectivity index (χ0v) is 12.9. The van der Waals surface area contributed by atoms with Crippen molar-refractivity contribution in [2.24, 2.45) is 0 Å². The fourth-order valence-electron chi connectivity index (χ4n) is 2.27. The molecule has 1 N–H and O–H groups in total. The van der Waals surface area contributed by atoms with Gasteiger partial charge in [0.15, 0.2) is 0 Å². The van der Waals surface area contributed by atoms with Crippen LogP contribution in [-0.2, 0) is 0 Å². The van der Waals surface area contributed by atoms with E-state index in [1.165, 1.54) is 5.56 Å². The van der Waals surface area contributed by atoms with Crippen LogP contribution in [0.5, 0.6) is 0 Å². The molecule has 2 nitrogen and oxygen atoms in total. The summed E-state index contributed by atoms with van der Waals surface area (Å²) in [5.74, 6) is 0. The highest BCUT2D eigenvalue weighted by Gasteiger charge is 2.23. The van der Waals surface area contributed by atoms with Gasteiger partial charge in [-0.25, -0.2) is 4.39 Å². The molecule has 1 aliphatic heterocycles. The van der Waals surface area contributed by atoms with Gasteiger partial charge in [-0.05, 0) is 24.1 Å². The van der Waals surface area contributed by atoms with Gasteiger partial charge < -0.3 is 5.32 Å². The molecule has 102 valence electrons. The van der Waals surface area contributed by atoms with Crippen LogP contribution in [0.25, 0.3) is 0 Å². The second-order valence-corrected chi connectivity index (χ2v) is 5.34. The molecule has 1 aromatic carbocycles. The van der Waals surface area contributed by atoms with Crippen LogP contribution in [0.1, 0.15) is 17.2 Å². The van der Waals surface area contributed by atoms with Crippen LogP contribution in [0.15, 0.2) is 22.7 Å². The number of hydrogen-bond acceptors (Lipinski definition) is 2. The Morgan fingerprint density at radius 1 is 1.39 bits per heavy atom. The lowest BCUT2D eigenvalue weighted by Gasteiger charge is -2.34. The van der Waals surface area contributed by atoms with E-state index in [-0.39, 0.29) is 25.1 Å². The minimum absolute atomic E-state index is 0. The largest absolute Gasteiger partial charge is 0.314 e. The molecule has 18 heavy (non-hydrogen) atoms. The Balaban J connectivity index is 0.00000162. The highest BCUT2D eigenvalue weighted by molar-refractivity contribution is 9.10. The number of piperazine rings is 1. The fourth-order valence-corrected chi connectivity index (χ4v) is 3.03. The molecule has 0 radical (unpaired) electrons. The third kappa shape index (κ3) is 3.67. The molecule has 1 saturated heterocycles. The molecular formula is C13H19BrClFN2. The Labute approximate surface area is 122 Å². The van der Waals surface area contributed by atoms with E-state index in [9.17, 15) is 4.39 Å². The topological polar surface area (TPSA) is 15.3 Å². The Morgan fingerprint density at radius 2 is 2.06 bits per heavy atom. The number of aryl methyl sites for hydroxylation is 1. The molecule has 0 unspecified atom stereocenters. The van der Waals surface area contributed by atoms with Gasteiger partial charge in [-0.15, -0.1) is 12.4 Å². The predicted octanol–water partition coefficient (Wildman–Crippen LogP) is 3.10. The molecule has 0 aromatic heterocycles. The molecule has 0 aliphatic carbocycles. The van der Waals surface area contributed by atoms with Crippen molar-refractivity contribution >= 4 is 28.3 Å². The van der Waals surface area contributed by atoms with E-state index in [2.05, 4.69) is 32.2 Å². The van der Waals surface area contributed by atoms with Gasteiger partial charge in [-0.1, -0.05) is 28.1 Å². The first-order valence-corrected chi connectivity index (χ1v) is 6.78. The first-order valence-electron chi connectivity index (χ1n) is 5.99. The summed E-state index contributed by atoms with van der Waals surface area (Å²) >= 11 is 3.55. The van der Waals surface area contributed by atoms with Crippen molar-refractivity contribution < 1.29 is 4.39 Å². The van der Waals surface area contributed by atoms with Crippen LogP contribution < -0.4 is 5.32 Å². The zero-order valence-electron chi connectivity index (χ0n) is 10.5. The van der Waals surface area contributed by atoms with Gasteiger partial charge in [0.1, 0.15) is 6.67 Å². The highest BCUT2D eigenvalue weighted by atomic mass is 79.9. The summed E-state index contributed by atoms with van der Waals surface area (Å²) in [6.45, 7) is 5.43.